The highest BCUT2D eigenvalue weighted by molar-refractivity contribution is 9.10. The van der Waals surface area contributed by atoms with E-state index in [1.807, 2.05) is 19.1 Å². The van der Waals surface area contributed by atoms with Gasteiger partial charge in [-0.15, -0.1) is 0 Å². The molecule has 0 saturated carbocycles. The average molecular weight is 346 g/mol. The molecule has 0 radical (unpaired) electrons. The second-order valence-electron chi connectivity index (χ2n) is 3.98. The van der Waals surface area contributed by atoms with Gasteiger partial charge in [0.2, 0.25) is 0 Å². The Morgan fingerprint density at radius 2 is 1.79 bits per heavy atom. The fourth-order valence-electron chi connectivity index (χ4n) is 1.60. The van der Waals surface area contributed by atoms with Crippen LogP contribution in [0.4, 0.5) is 4.39 Å². The van der Waals surface area contributed by atoms with Crippen LogP contribution >= 0.6 is 27.5 Å². The zero-order valence-electron chi connectivity index (χ0n) is 10.3. The van der Waals surface area contributed by atoms with E-state index in [4.69, 9.17) is 21.1 Å². The molecule has 0 fully saturated rings. The topological polar surface area (TPSA) is 18.5 Å². The maximum Gasteiger partial charge on any atom is 0.147 e. The number of ether oxygens (including phenoxy) is 2. The third-order valence-electron chi connectivity index (χ3n) is 2.46. The van der Waals surface area contributed by atoms with Gasteiger partial charge in [0.15, 0.2) is 0 Å². The van der Waals surface area contributed by atoms with Gasteiger partial charge in [-0.2, -0.15) is 0 Å². The van der Waals surface area contributed by atoms with Crippen molar-refractivity contribution in [2.24, 2.45) is 0 Å². The standard InChI is InChI=1S/C14H11BrClFO2/c1-8-3-9(18-2)5-10(4-8)19-14-6-11(15)13(17)7-12(14)16/h3-7H,1-2H3. The molecule has 0 aliphatic carbocycles. The largest absolute Gasteiger partial charge is 0.497 e. The van der Waals surface area contributed by atoms with E-state index in [0.29, 0.717) is 21.7 Å². The Bertz CT molecular complexity index is 617. The summed E-state index contributed by atoms with van der Waals surface area (Å²) in [6, 6.07) is 8.16. The van der Waals surface area contributed by atoms with Crippen LogP contribution in [0.25, 0.3) is 0 Å². The van der Waals surface area contributed by atoms with Crippen LogP contribution in [0.1, 0.15) is 5.56 Å². The summed E-state index contributed by atoms with van der Waals surface area (Å²) in [7, 11) is 1.58. The highest BCUT2D eigenvalue weighted by Gasteiger charge is 2.09. The van der Waals surface area contributed by atoms with Gasteiger partial charge in [-0.1, -0.05) is 11.6 Å². The van der Waals surface area contributed by atoms with Gasteiger partial charge < -0.3 is 9.47 Å². The molecule has 0 unspecified atom stereocenters. The molecule has 2 aromatic rings. The molecule has 100 valence electrons. The summed E-state index contributed by atoms with van der Waals surface area (Å²) >= 11 is 9.05. The van der Waals surface area contributed by atoms with Crippen LogP contribution in [0.3, 0.4) is 0 Å². The highest BCUT2D eigenvalue weighted by atomic mass is 79.9. The predicted molar refractivity (Wildman–Crippen MR) is 76.9 cm³/mol. The molecule has 0 aliphatic heterocycles. The zero-order chi connectivity index (χ0) is 14.0. The molecule has 2 rings (SSSR count). The molecule has 2 aromatic carbocycles. The Kier molecular flexibility index (Phi) is 4.32. The highest BCUT2D eigenvalue weighted by Crippen LogP contribution is 2.35. The van der Waals surface area contributed by atoms with E-state index >= 15 is 0 Å². The van der Waals surface area contributed by atoms with E-state index in [2.05, 4.69) is 15.9 Å². The number of hydrogen-bond donors (Lipinski definition) is 0. The van der Waals surface area contributed by atoms with Crippen LogP contribution in [0, 0.1) is 12.7 Å². The second kappa shape index (κ2) is 5.80. The first-order valence-electron chi connectivity index (χ1n) is 5.47. The first-order valence-corrected chi connectivity index (χ1v) is 6.65. The molecule has 0 N–H and O–H groups in total. The van der Waals surface area contributed by atoms with Crippen LogP contribution in [-0.2, 0) is 0 Å². The number of hydrogen-bond acceptors (Lipinski definition) is 2. The lowest BCUT2D eigenvalue weighted by Crippen LogP contribution is -1.90. The minimum Gasteiger partial charge on any atom is -0.497 e. The quantitative estimate of drug-likeness (QED) is 0.698. The number of rotatable bonds is 3. The van der Waals surface area contributed by atoms with Gasteiger partial charge in [-0.25, -0.2) is 4.39 Å². The maximum atomic E-state index is 13.3. The first kappa shape index (κ1) is 14.2. The summed E-state index contributed by atoms with van der Waals surface area (Å²) < 4.78 is 24.4. The average Bonchev–Trinajstić information content (AvgIpc) is 2.35. The molecule has 0 aromatic heterocycles. The number of methoxy groups -OCH3 is 1. The third-order valence-corrected chi connectivity index (χ3v) is 3.37. The smallest absolute Gasteiger partial charge is 0.147 e. The number of halogens is 3. The SMILES string of the molecule is COc1cc(C)cc(Oc2cc(Br)c(F)cc2Cl)c1. The summed E-state index contributed by atoms with van der Waals surface area (Å²) in [4.78, 5) is 0. The Morgan fingerprint density at radius 1 is 1.11 bits per heavy atom. The first-order chi connectivity index (χ1) is 8.99. The Morgan fingerprint density at radius 3 is 2.47 bits per heavy atom. The summed E-state index contributed by atoms with van der Waals surface area (Å²) in [6.07, 6.45) is 0. The molecular formula is C14H11BrClFO2. The number of aryl methyl sites for hydroxylation is 1. The van der Waals surface area contributed by atoms with Crippen LogP contribution in [0.5, 0.6) is 17.2 Å². The van der Waals surface area contributed by atoms with Crippen LogP contribution in [-0.4, -0.2) is 7.11 Å². The summed E-state index contributed by atoms with van der Waals surface area (Å²) in [5.41, 5.74) is 0.992. The van der Waals surface area contributed by atoms with Crippen molar-refractivity contribution in [3.63, 3.8) is 0 Å². The van der Waals surface area contributed by atoms with Gasteiger partial charge in [0.05, 0.1) is 16.6 Å². The van der Waals surface area contributed by atoms with Crippen molar-refractivity contribution in [2.45, 2.75) is 6.92 Å². The van der Waals surface area contributed by atoms with Crippen molar-refractivity contribution < 1.29 is 13.9 Å². The molecule has 19 heavy (non-hydrogen) atoms. The molecule has 0 heterocycles. The van der Waals surface area contributed by atoms with Crippen LogP contribution < -0.4 is 9.47 Å². The van der Waals surface area contributed by atoms with Crippen molar-refractivity contribution >= 4 is 27.5 Å². The van der Waals surface area contributed by atoms with E-state index in [0.717, 1.165) is 5.56 Å². The lowest BCUT2D eigenvalue weighted by atomic mass is 10.2. The van der Waals surface area contributed by atoms with Gasteiger partial charge in [-0.05, 0) is 52.7 Å². The van der Waals surface area contributed by atoms with Crippen LogP contribution in [0.15, 0.2) is 34.8 Å². The van der Waals surface area contributed by atoms with Gasteiger partial charge in [0.1, 0.15) is 23.1 Å². The molecule has 2 nitrogen and oxygen atoms in total. The van der Waals surface area contributed by atoms with Crippen molar-refractivity contribution in [3.8, 4) is 17.2 Å². The molecular weight excluding hydrogens is 335 g/mol. The Balaban J connectivity index is 2.36. The lowest BCUT2D eigenvalue weighted by molar-refractivity contribution is 0.408. The second-order valence-corrected chi connectivity index (χ2v) is 5.25. The van der Waals surface area contributed by atoms with E-state index < -0.39 is 5.82 Å². The molecule has 0 aliphatic rings. The maximum absolute atomic E-state index is 13.3. The third kappa shape index (κ3) is 3.39. The fourth-order valence-corrected chi connectivity index (χ4v) is 2.11. The predicted octanol–water partition coefficient (Wildman–Crippen LogP) is 5.35. The monoisotopic (exact) mass is 344 g/mol. The van der Waals surface area contributed by atoms with Crippen molar-refractivity contribution in [2.75, 3.05) is 7.11 Å². The molecule has 0 atom stereocenters. The minimum atomic E-state index is -0.431. The minimum absolute atomic E-state index is 0.209. The lowest BCUT2D eigenvalue weighted by Gasteiger charge is -2.11. The molecule has 5 heteroatoms. The van der Waals surface area contributed by atoms with Crippen molar-refractivity contribution in [1.82, 2.24) is 0 Å². The normalized spacial score (nSPS) is 10.4. The van der Waals surface area contributed by atoms with Gasteiger partial charge in [0, 0.05) is 6.07 Å². The van der Waals surface area contributed by atoms with Gasteiger partial charge in [0.25, 0.3) is 0 Å². The molecule has 0 bridgehead atoms. The van der Waals surface area contributed by atoms with E-state index in [9.17, 15) is 4.39 Å². The van der Waals surface area contributed by atoms with Gasteiger partial charge in [-0.3, -0.25) is 0 Å². The molecule has 0 amide bonds. The molecule has 0 spiro atoms. The number of benzene rings is 2. The summed E-state index contributed by atoms with van der Waals surface area (Å²) in [6.45, 7) is 1.93. The van der Waals surface area contributed by atoms with E-state index in [1.165, 1.54) is 12.1 Å². The zero-order valence-corrected chi connectivity index (χ0v) is 12.7. The fraction of sp³-hybridized carbons (Fsp3) is 0.143. The van der Waals surface area contributed by atoms with Gasteiger partial charge >= 0.3 is 0 Å². The Hall–Kier alpha value is -1.26. The molecule has 0 saturated heterocycles. The van der Waals surface area contributed by atoms with E-state index in [-0.39, 0.29) is 5.02 Å². The Labute approximate surface area is 124 Å². The summed E-state index contributed by atoms with van der Waals surface area (Å²) in [5, 5.41) is 0.209. The summed E-state index contributed by atoms with van der Waals surface area (Å²) in [5.74, 6) is 1.21. The van der Waals surface area contributed by atoms with Crippen LogP contribution in [0.2, 0.25) is 5.02 Å². The van der Waals surface area contributed by atoms with Crippen molar-refractivity contribution in [3.05, 3.63) is 51.2 Å². The van der Waals surface area contributed by atoms with E-state index in [1.54, 1.807) is 13.2 Å². The van der Waals surface area contributed by atoms with Crippen molar-refractivity contribution in [1.29, 1.82) is 0 Å².